The zero-order chi connectivity index (χ0) is 12.3. The number of rotatable bonds is 3. The van der Waals surface area contributed by atoms with Crippen molar-refractivity contribution in [3.63, 3.8) is 0 Å². The summed E-state index contributed by atoms with van der Waals surface area (Å²) in [5, 5.41) is 0. The molecule has 0 fully saturated rings. The van der Waals surface area contributed by atoms with Crippen LogP contribution in [0.15, 0.2) is 23.0 Å². The topological polar surface area (TPSA) is 130 Å². The van der Waals surface area contributed by atoms with E-state index >= 15 is 0 Å². The molecular weight excluding hydrogens is 226 g/mol. The first kappa shape index (κ1) is 10.9. The van der Waals surface area contributed by atoms with Crippen molar-refractivity contribution in [1.82, 2.24) is 15.0 Å². The minimum atomic E-state index is -0.545. The number of hydrogen-bond donors (Lipinski definition) is 2. The summed E-state index contributed by atoms with van der Waals surface area (Å²) in [5.74, 6) is -0.401. The van der Waals surface area contributed by atoms with Gasteiger partial charge in [0.1, 0.15) is 6.26 Å². The molecule has 0 saturated carbocycles. The van der Waals surface area contributed by atoms with E-state index in [1.165, 1.54) is 18.6 Å². The minimum absolute atomic E-state index is 0.0214. The Hall–Kier alpha value is -2.64. The molecule has 0 aliphatic heterocycles. The SMILES string of the molecule is Nc1nc(N)nc(COC(=O)c2ccoc2)n1. The van der Waals surface area contributed by atoms with Gasteiger partial charge in [-0.2, -0.15) is 15.0 Å². The number of furan rings is 1. The third-order valence-corrected chi connectivity index (χ3v) is 1.81. The van der Waals surface area contributed by atoms with Gasteiger partial charge in [0.25, 0.3) is 0 Å². The second kappa shape index (κ2) is 4.47. The molecule has 17 heavy (non-hydrogen) atoms. The van der Waals surface area contributed by atoms with Crippen LogP contribution in [-0.2, 0) is 11.3 Å². The van der Waals surface area contributed by atoms with Crippen LogP contribution < -0.4 is 11.5 Å². The fourth-order valence-electron chi connectivity index (χ4n) is 1.12. The lowest BCUT2D eigenvalue weighted by atomic mass is 10.3. The lowest BCUT2D eigenvalue weighted by Crippen LogP contribution is -2.10. The highest BCUT2D eigenvalue weighted by Gasteiger charge is 2.10. The van der Waals surface area contributed by atoms with Gasteiger partial charge in [-0.05, 0) is 6.07 Å². The predicted molar refractivity (Wildman–Crippen MR) is 56.5 cm³/mol. The van der Waals surface area contributed by atoms with Gasteiger partial charge < -0.3 is 20.6 Å². The Labute approximate surface area is 95.6 Å². The van der Waals surface area contributed by atoms with Crippen LogP contribution in [0, 0.1) is 0 Å². The molecule has 0 aromatic carbocycles. The van der Waals surface area contributed by atoms with Crippen molar-refractivity contribution in [3.05, 3.63) is 30.0 Å². The molecule has 2 aromatic heterocycles. The number of carbonyl (C=O) groups excluding carboxylic acids is 1. The number of nitrogens with two attached hydrogens (primary N) is 2. The van der Waals surface area contributed by atoms with Crippen molar-refractivity contribution >= 4 is 17.9 Å². The largest absolute Gasteiger partial charge is 0.472 e. The van der Waals surface area contributed by atoms with Crippen molar-refractivity contribution in [1.29, 1.82) is 0 Å². The van der Waals surface area contributed by atoms with E-state index < -0.39 is 5.97 Å². The van der Waals surface area contributed by atoms with Crippen LogP contribution in [0.3, 0.4) is 0 Å². The molecular formula is C9H9N5O3. The van der Waals surface area contributed by atoms with E-state index in [-0.39, 0.29) is 24.3 Å². The zero-order valence-corrected chi connectivity index (χ0v) is 8.66. The molecule has 0 radical (unpaired) electrons. The average Bonchev–Trinajstić information content (AvgIpc) is 2.78. The summed E-state index contributed by atoms with van der Waals surface area (Å²) in [5.41, 5.74) is 11.0. The van der Waals surface area contributed by atoms with Crippen molar-refractivity contribution in [2.45, 2.75) is 6.61 Å². The summed E-state index contributed by atoms with van der Waals surface area (Å²) in [4.78, 5) is 22.5. The molecule has 0 aliphatic rings. The fourth-order valence-corrected chi connectivity index (χ4v) is 1.12. The average molecular weight is 235 g/mol. The van der Waals surface area contributed by atoms with Crippen molar-refractivity contribution < 1.29 is 13.9 Å². The van der Waals surface area contributed by atoms with Crippen LogP contribution in [0.25, 0.3) is 0 Å². The van der Waals surface area contributed by atoms with Gasteiger partial charge in [-0.3, -0.25) is 0 Å². The molecule has 0 amide bonds. The molecule has 2 rings (SSSR count). The van der Waals surface area contributed by atoms with Crippen molar-refractivity contribution in [3.8, 4) is 0 Å². The number of carbonyl (C=O) groups is 1. The van der Waals surface area contributed by atoms with Crippen LogP contribution in [-0.4, -0.2) is 20.9 Å². The minimum Gasteiger partial charge on any atom is -0.472 e. The van der Waals surface area contributed by atoms with Gasteiger partial charge in [-0.25, -0.2) is 4.79 Å². The number of aromatic nitrogens is 3. The molecule has 8 heteroatoms. The van der Waals surface area contributed by atoms with Gasteiger partial charge in [0.2, 0.25) is 11.9 Å². The molecule has 2 heterocycles. The first-order chi connectivity index (χ1) is 8.15. The van der Waals surface area contributed by atoms with E-state index in [2.05, 4.69) is 15.0 Å². The summed E-state index contributed by atoms with van der Waals surface area (Å²) in [7, 11) is 0. The van der Waals surface area contributed by atoms with Crippen LogP contribution in [0.5, 0.6) is 0 Å². The first-order valence-electron chi connectivity index (χ1n) is 4.60. The van der Waals surface area contributed by atoms with Crippen LogP contribution in [0.1, 0.15) is 16.2 Å². The summed E-state index contributed by atoms with van der Waals surface area (Å²) >= 11 is 0. The maximum Gasteiger partial charge on any atom is 0.341 e. The standard InChI is InChI=1S/C9H9N5O3/c10-8-12-6(13-9(11)14-8)4-17-7(15)5-1-2-16-3-5/h1-3H,4H2,(H4,10,11,12,13,14). The van der Waals surface area contributed by atoms with Crippen molar-refractivity contribution in [2.75, 3.05) is 11.5 Å². The van der Waals surface area contributed by atoms with Gasteiger partial charge in [0.05, 0.1) is 11.8 Å². The normalized spacial score (nSPS) is 10.1. The number of hydrogen-bond acceptors (Lipinski definition) is 8. The molecule has 4 N–H and O–H groups in total. The number of esters is 1. The maximum absolute atomic E-state index is 11.4. The monoisotopic (exact) mass is 235 g/mol. The fraction of sp³-hybridized carbons (Fsp3) is 0.111. The van der Waals surface area contributed by atoms with Gasteiger partial charge in [0, 0.05) is 0 Å². The second-order valence-corrected chi connectivity index (χ2v) is 3.06. The summed E-state index contributed by atoms with van der Waals surface area (Å²) in [6.45, 7) is -0.138. The number of nitrogens with zero attached hydrogens (tertiary/aromatic N) is 3. The highest BCUT2D eigenvalue weighted by Crippen LogP contribution is 2.05. The Balaban J connectivity index is 2.00. The smallest absolute Gasteiger partial charge is 0.341 e. The van der Waals surface area contributed by atoms with Crippen molar-refractivity contribution in [2.24, 2.45) is 0 Å². The maximum atomic E-state index is 11.4. The number of nitrogen functional groups attached to an aromatic ring is 2. The molecule has 0 saturated heterocycles. The van der Waals surface area contributed by atoms with Crippen LogP contribution in [0.4, 0.5) is 11.9 Å². The van der Waals surface area contributed by atoms with E-state index in [0.29, 0.717) is 5.56 Å². The van der Waals surface area contributed by atoms with E-state index in [1.807, 2.05) is 0 Å². The Morgan fingerprint density at radius 3 is 2.59 bits per heavy atom. The second-order valence-electron chi connectivity index (χ2n) is 3.06. The van der Waals surface area contributed by atoms with Crippen LogP contribution >= 0.6 is 0 Å². The Morgan fingerprint density at radius 1 is 1.29 bits per heavy atom. The molecule has 0 atom stereocenters. The summed E-state index contributed by atoms with van der Waals surface area (Å²) in [6, 6.07) is 1.48. The van der Waals surface area contributed by atoms with Gasteiger partial charge >= 0.3 is 5.97 Å². The first-order valence-corrected chi connectivity index (χ1v) is 4.60. The number of anilines is 2. The molecule has 88 valence electrons. The predicted octanol–water partition coefficient (Wildman–Crippen LogP) is -0.0140. The lowest BCUT2D eigenvalue weighted by Gasteiger charge is -2.03. The van der Waals surface area contributed by atoms with E-state index in [1.54, 1.807) is 0 Å². The zero-order valence-electron chi connectivity index (χ0n) is 8.66. The van der Waals surface area contributed by atoms with Gasteiger partial charge in [-0.15, -0.1) is 0 Å². The number of ether oxygens (including phenoxy) is 1. The highest BCUT2D eigenvalue weighted by atomic mass is 16.5. The third kappa shape index (κ3) is 2.68. The highest BCUT2D eigenvalue weighted by molar-refractivity contribution is 5.88. The molecule has 8 nitrogen and oxygen atoms in total. The van der Waals surface area contributed by atoms with Crippen LogP contribution in [0.2, 0.25) is 0 Å². The quantitative estimate of drug-likeness (QED) is 0.710. The van der Waals surface area contributed by atoms with Gasteiger partial charge in [0.15, 0.2) is 12.4 Å². The molecule has 0 bridgehead atoms. The molecule has 0 aliphatic carbocycles. The molecule has 0 unspecified atom stereocenters. The summed E-state index contributed by atoms with van der Waals surface area (Å²) in [6.07, 6.45) is 2.65. The Kier molecular flexibility index (Phi) is 2.86. The van der Waals surface area contributed by atoms with E-state index in [0.717, 1.165) is 0 Å². The Bertz CT molecular complexity index is 505. The summed E-state index contributed by atoms with van der Waals surface area (Å²) < 4.78 is 9.66. The lowest BCUT2D eigenvalue weighted by molar-refractivity contribution is 0.0461. The third-order valence-electron chi connectivity index (χ3n) is 1.81. The molecule has 2 aromatic rings. The van der Waals surface area contributed by atoms with E-state index in [4.69, 9.17) is 20.6 Å². The molecule has 0 spiro atoms. The van der Waals surface area contributed by atoms with E-state index in [9.17, 15) is 4.79 Å². The van der Waals surface area contributed by atoms with Gasteiger partial charge in [-0.1, -0.05) is 0 Å². The Morgan fingerprint density at radius 2 is 2.00 bits per heavy atom.